The molecule has 5 nitrogen and oxygen atoms in total. The summed E-state index contributed by atoms with van der Waals surface area (Å²) in [4.78, 5) is 30.0. The van der Waals surface area contributed by atoms with Crippen LogP contribution in [0.25, 0.3) is 10.9 Å². The molecule has 2 rings (SSSR count). The van der Waals surface area contributed by atoms with Gasteiger partial charge in [-0.15, -0.1) is 0 Å². The molecule has 0 bridgehead atoms. The number of amides is 1. The number of aromatic amines is 1. The van der Waals surface area contributed by atoms with Gasteiger partial charge in [0.25, 0.3) is 0 Å². The van der Waals surface area contributed by atoms with Gasteiger partial charge in [-0.25, -0.2) is 0 Å². The predicted molar refractivity (Wildman–Crippen MR) is 97.4 cm³/mol. The number of hydrogen-bond donors (Lipinski definition) is 2. The number of Topliss-reactive ketones (excluding diaryl/α,β-unsaturated/α-hetero) is 1. The zero-order valence-electron chi connectivity index (χ0n) is 15.2. The number of benzene rings is 1. The summed E-state index contributed by atoms with van der Waals surface area (Å²) in [6.45, 7) is 10.8. The van der Waals surface area contributed by atoms with Crippen molar-refractivity contribution < 1.29 is 9.59 Å². The Hall–Kier alpha value is -2.14. The van der Waals surface area contributed by atoms with Crippen molar-refractivity contribution in [3.8, 4) is 0 Å². The fourth-order valence-corrected chi connectivity index (χ4v) is 2.86. The number of H-pyrrole nitrogens is 1. The van der Waals surface area contributed by atoms with Crippen LogP contribution in [0.2, 0.25) is 0 Å². The van der Waals surface area contributed by atoms with Crippen molar-refractivity contribution in [1.29, 1.82) is 0 Å². The molecule has 0 fully saturated rings. The van der Waals surface area contributed by atoms with Gasteiger partial charge in [0.1, 0.15) is 0 Å². The molecule has 24 heavy (non-hydrogen) atoms. The zero-order valence-corrected chi connectivity index (χ0v) is 15.2. The van der Waals surface area contributed by atoms with Crippen LogP contribution in [0.4, 0.5) is 0 Å². The normalized spacial score (nSPS) is 11.9. The van der Waals surface area contributed by atoms with Crippen LogP contribution in [-0.4, -0.2) is 46.7 Å². The van der Waals surface area contributed by atoms with Gasteiger partial charge in [-0.3, -0.25) is 14.5 Å². The van der Waals surface area contributed by atoms with Gasteiger partial charge in [0.05, 0.1) is 13.1 Å². The lowest BCUT2D eigenvalue weighted by molar-refractivity contribution is -0.123. The van der Waals surface area contributed by atoms with Crippen LogP contribution in [0, 0.1) is 6.92 Å². The van der Waals surface area contributed by atoms with E-state index in [1.54, 1.807) is 0 Å². The molecule has 0 aliphatic carbocycles. The highest BCUT2D eigenvalue weighted by atomic mass is 16.2. The molecular weight excluding hydrogens is 302 g/mol. The lowest BCUT2D eigenvalue weighted by Crippen LogP contribution is -2.46. The number of aryl methyl sites for hydroxylation is 1. The third-order valence-electron chi connectivity index (χ3n) is 3.87. The molecule has 2 N–H and O–H groups in total. The van der Waals surface area contributed by atoms with Gasteiger partial charge in [0, 0.05) is 27.7 Å². The highest BCUT2D eigenvalue weighted by molar-refractivity contribution is 6.10. The number of aromatic nitrogens is 1. The van der Waals surface area contributed by atoms with Gasteiger partial charge in [-0.1, -0.05) is 25.1 Å². The molecule has 0 unspecified atom stereocenters. The topological polar surface area (TPSA) is 65.2 Å². The quantitative estimate of drug-likeness (QED) is 0.801. The largest absolute Gasteiger partial charge is 0.358 e. The number of likely N-dealkylation sites (N-methyl/N-ethyl adjacent to an activating group) is 1. The summed E-state index contributed by atoms with van der Waals surface area (Å²) in [6.07, 6.45) is 0. The van der Waals surface area contributed by atoms with E-state index in [0.717, 1.165) is 22.2 Å². The molecule has 1 aromatic heterocycles. The summed E-state index contributed by atoms with van der Waals surface area (Å²) in [6, 6.07) is 7.80. The summed E-state index contributed by atoms with van der Waals surface area (Å²) in [5, 5.41) is 3.87. The Morgan fingerprint density at radius 2 is 1.83 bits per heavy atom. The molecule has 1 amide bonds. The fraction of sp³-hybridized carbons (Fsp3) is 0.474. The maximum absolute atomic E-state index is 12.8. The molecule has 0 aliphatic rings. The third kappa shape index (κ3) is 4.45. The van der Waals surface area contributed by atoms with Gasteiger partial charge in [-0.2, -0.15) is 0 Å². The van der Waals surface area contributed by atoms with Gasteiger partial charge in [0.15, 0.2) is 5.78 Å². The molecule has 2 aromatic rings. The molecular formula is C19H27N3O2. The molecule has 0 spiro atoms. The SMILES string of the molecule is CCN(CC(=O)NC(C)(C)C)CC(=O)c1c(C)[nH]c2ccccc12. The number of para-hydroxylation sites is 1. The minimum absolute atomic E-state index is 0.0374. The van der Waals surface area contributed by atoms with E-state index in [4.69, 9.17) is 0 Å². The lowest BCUT2D eigenvalue weighted by Gasteiger charge is -2.24. The van der Waals surface area contributed by atoms with E-state index in [1.807, 2.05) is 63.8 Å². The van der Waals surface area contributed by atoms with E-state index < -0.39 is 0 Å². The monoisotopic (exact) mass is 329 g/mol. The Labute approximate surface area is 143 Å². The van der Waals surface area contributed by atoms with Gasteiger partial charge >= 0.3 is 0 Å². The number of carbonyl (C=O) groups excluding carboxylic acids is 2. The first-order chi connectivity index (χ1) is 11.2. The molecule has 0 saturated heterocycles. The highest BCUT2D eigenvalue weighted by Crippen LogP contribution is 2.22. The van der Waals surface area contributed by atoms with E-state index >= 15 is 0 Å². The minimum atomic E-state index is -0.270. The Kier molecular flexibility index (Phi) is 5.44. The second-order valence-electron chi connectivity index (χ2n) is 7.20. The van der Waals surface area contributed by atoms with Crippen LogP contribution in [0.15, 0.2) is 24.3 Å². The second-order valence-corrected chi connectivity index (χ2v) is 7.20. The van der Waals surface area contributed by atoms with Crippen LogP contribution in [0.1, 0.15) is 43.7 Å². The van der Waals surface area contributed by atoms with Crippen LogP contribution in [-0.2, 0) is 4.79 Å². The summed E-state index contributed by atoms with van der Waals surface area (Å²) in [7, 11) is 0. The summed E-state index contributed by atoms with van der Waals surface area (Å²) >= 11 is 0. The van der Waals surface area contributed by atoms with E-state index in [0.29, 0.717) is 6.54 Å². The number of rotatable bonds is 6. The van der Waals surface area contributed by atoms with Crippen LogP contribution in [0.3, 0.4) is 0 Å². The predicted octanol–water partition coefficient (Wildman–Crippen LogP) is 2.90. The van der Waals surface area contributed by atoms with Gasteiger partial charge < -0.3 is 10.3 Å². The Balaban J connectivity index is 2.11. The zero-order chi connectivity index (χ0) is 17.9. The van der Waals surface area contributed by atoms with Crippen molar-refractivity contribution in [3.63, 3.8) is 0 Å². The molecule has 1 aromatic carbocycles. The molecule has 0 atom stereocenters. The fourth-order valence-electron chi connectivity index (χ4n) is 2.86. The van der Waals surface area contributed by atoms with Crippen molar-refractivity contribution in [3.05, 3.63) is 35.5 Å². The van der Waals surface area contributed by atoms with Crippen molar-refractivity contribution >= 4 is 22.6 Å². The van der Waals surface area contributed by atoms with Gasteiger partial charge in [-0.05, 0) is 40.3 Å². The van der Waals surface area contributed by atoms with E-state index in [-0.39, 0.29) is 30.3 Å². The molecule has 1 heterocycles. The third-order valence-corrected chi connectivity index (χ3v) is 3.87. The molecule has 0 aliphatic heterocycles. The first-order valence-corrected chi connectivity index (χ1v) is 8.35. The molecule has 130 valence electrons. The second kappa shape index (κ2) is 7.18. The number of ketones is 1. The van der Waals surface area contributed by atoms with Crippen LogP contribution >= 0.6 is 0 Å². The van der Waals surface area contributed by atoms with Crippen LogP contribution in [0.5, 0.6) is 0 Å². The number of nitrogens with zero attached hydrogens (tertiary/aromatic N) is 1. The van der Waals surface area contributed by atoms with E-state index in [2.05, 4.69) is 10.3 Å². The molecule has 5 heteroatoms. The maximum atomic E-state index is 12.8. The smallest absolute Gasteiger partial charge is 0.234 e. The Bertz CT molecular complexity index is 741. The summed E-state index contributed by atoms with van der Waals surface area (Å²) < 4.78 is 0. The summed E-state index contributed by atoms with van der Waals surface area (Å²) in [5.74, 6) is -0.0249. The first kappa shape index (κ1) is 18.2. The Morgan fingerprint density at radius 1 is 1.17 bits per heavy atom. The molecule has 0 saturated carbocycles. The Morgan fingerprint density at radius 3 is 2.46 bits per heavy atom. The number of carbonyl (C=O) groups is 2. The lowest BCUT2D eigenvalue weighted by atomic mass is 10.1. The summed E-state index contributed by atoms with van der Waals surface area (Å²) in [5.41, 5.74) is 2.29. The van der Waals surface area contributed by atoms with Crippen LogP contribution < -0.4 is 5.32 Å². The van der Waals surface area contributed by atoms with Crippen molar-refractivity contribution in [2.75, 3.05) is 19.6 Å². The highest BCUT2D eigenvalue weighted by Gasteiger charge is 2.21. The minimum Gasteiger partial charge on any atom is -0.358 e. The average Bonchev–Trinajstić information content (AvgIpc) is 2.80. The first-order valence-electron chi connectivity index (χ1n) is 8.35. The number of hydrogen-bond acceptors (Lipinski definition) is 3. The van der Waals surface area contributed by atoms with Crippen molar-refractivity contribution in [2.45, 2.75) is 40.2 Å². The van der Waals surface area contributed by atoms with Gasteiger partial charge in [0.2, 0.25) is 5.91 Å². The standard InChI is InChI=1S/C19H27N3O2/c1-6-22(12-17(24)21-19(3,4)5)11-16(23)18-13(2)20-15-10-8-7-9-14(15)18/h7-10,20H,6,11-12H2,1-5H3,(H,21,24). The average molecular weight is 329 g/mol. The maximum Gasteiger partial charge on any atom is 0.234 e. The number of nitrogens with one attached hydrogen (secondary N) is 2. The van der Waals surface area contributed by atoms with Crippen molar-refractivity contribution in [2.24, 2.45) is 0 Å². The number of fused-ring (bicyclic) bond motifs is 1. The van der Waals surface area contributed by atoms with Crippen molar-refractivity contribution in [1.82, 2.24) is 15.2 Å². The molecule has 0 radical (unpaired) electrons. The van der Waals surface area contributed by atoms with E-state index in [9.17, 15) is 9.59 Å². The van der Waals surface area contributed by atoms with E-state index in [1.165, 1.54) is 0 Å².